The van der Waals surface area contributed by atoms with E-state index in [-0.39, 0.29) is 34.0 Å². The van der Waals surface area contributed by atoms with Crippen LogP contribution in [0.4, 0.5) is 11.4 Å². The van der Waals surface area contributed by atoms with E-state index in [1.807, 2.05) is 6.92 Å². The van der Waals surface area contributed by atoms with Gasteiger partial charge < -0.3 is 14.5 Å². The second-order valence-electron chi connectivity index (χ2n) is 5.79. The molecule has 1 amide bonds. The molecule has 150 valence electrons. The molecule has 0 radical (unpaired) electrons. The van der Waals surface area contributed by atoms with Gasteiger partial charge in [-0.05, 0) is 24.6 Å². The molecule has 1 aromatic heterocycles. The number of ether oxygens (including phenoxy) is 1. The number of aryl methyl sites for hydroxylation is 1. The minimum atomic E-state index is -0.527. The molecule has 0 atom stereocenters. The molecule has 0 saturated heterocycles. The van der Waals surface area contributed by atoms with Gasteiger partial charge in [-0.15, -0.1) is 10.2 Å². The molecule has 1 N–H and O–H groups in total. The summed E-state index contributed by atoms with van der Waals surface area (Å²) in [7, 11) is 1.48. The van der Waals surface area contributed by atoms with Crippen LogP contribution >= 0.6 is 23.4 Å². The van der Waals surface area contributed by atoms with Crippen LogP contribution in [0.15, 0.2) is 46.0 Å². The van der Waals surface area contributed by atoms with Gasteiger partial charge in [-0.3, -0.25) is 14.9 Å². The first-order valence-electron chi connectivity index (χ1n) is 8.23. The summed E-state index contributed by atoms with van der Waals surface area (Å²) < 4.78 is 10.7. The number of carbonyl (C=O) groups excluding carboxylic acids is 1. The lowest BCUT2D eigenvalue weighted by atomic mass is 10.2. The largest absolute Gasteiger partial charge is 0.495 e. The Morgan fingerprint density at radius 1 is 1.34 bits per heavy atom. The molecule has 11 heteroatoms. The lowest BCUT2D eigenvalue weighted by Crippen LogP contribution is -2.15. The molecule has 3 rings (SSSR count). The Hall–Kier alpha value is -3.11. The van der Waals surface area contributed by atoms with E-state index >= 15 is 0 Å². The number of amides is 1. The van der Waals surface area contributed by atoms with Crippen molar-refractivity contribution < 1.29 is 18.9 Å². The minimum Gasteiger partial charge on any atom is -0.495 e. The number of anilines is 1. The van der Waals surface area contributed by atoms with E-state index in [9.17, 15) is 14.9 Å². The Labute approximate surface area is 174 Å². The lowest BCUT2D eigenvalue weighted by molar-refractivity contribution is -0.384. The number of thioether (sulfide) groups is 1. The van der Waals surface area contributed by atoms with E-state index in [1.165, 1.54) is 19.2 Å². The van der Waals surface area contributed by atoms with Gasteiger partial charge in [0.2, 0.25) is 5.91 Å². The molecule has 0 aliphatic heterocycles. The molecule has 9 nitrogen and oxygen atoms in total. The predicted molar refractivity (Wildman–Crippen MR) is 108 cm³/mol. The average molecular weight is 435 g/mol. The molecule has 0 bridgehead atoms. The van der Waals surface area contributed by atoms with Crippen LogP contribution in [0.25, 0.3) is 11.5 Å². The van der Waals surface area contributed by atoms with Crippen LogP contribution in [-0.2, 0) is 4.79 Å². The second kappa shape index (κ2) is 8.93. The molecule has 1 heterocycles. The normalized spacial score (nSPS) is 10.6. The van der Waals surface area contributed by atoms with Crippen molar-refractivity contribution >= 4 is 40.6 Å². The van der Waals surface area contributed by atoms with E-state index in [0.717, 1.165) is 17.3 Å². The maximum Gasteiger partial charge on any atom is 0.282 e. The average Bonchev–Trinajstić information content (AvgIpc) is 3.18. The Balaban J connectivity index is 1.67. The first kappa shape index (κ1) is 20.6. The van der Waals surface area contributed by atoms with Crippen LogP contribution in [0.2, 0.25) is 5.02 Å². The van der Waals surface area contributed by atoms with Crippen molar-refractivity contribution in [2.24, 2.45) is 0 Å². The number of halogens is 1. The summed E-state index contributed by atoms with van der Waals surface area (Å²) >= 11 is 7.07. The Morgan fingerprint density at radius 3 is 2.83 bits per heavy atom. The number of hydrogen-bond acceptors (Lipinski definition) is 8. The Kier molecular flexibility index (Phi) is 6.35. The summed E-state index contributed by atoms with van der Waals surface area (Å²) in [6.45, 7) is 1.81. The third-order valence-corrected chi connectivity index (χ3v) is 5.04. The van der Waals surface area contributed by atoms with Gasteiger partial charge in [0.25, 0.3) is 16.8 Å². The highest BCUT2D eigenvalue weighted by Gasteiger charge is 2.20. The quantitative estimate of drug-likeness (QED) is 0.331. The Bertz CT molecular complexity index is 1070. The van der Waals surface area contributed by atoms with Crippen molar-refractivity contribution in [2.75, 3.05) is 18.2 Å². The number of carbonyl (C=O) groups is 1. The number of para-hydroxylation sites is 1. The van der Waals surface area contributed by atoms with Crippen LogP contribution in [0.1, 0.15) is 5.56 Å². The van der Waals surface area contributed by atoms with Crippen molar-refractivity contribution in [3.63, 3.8) is 0 Å². The highest BCUT2D eigenvalue weighted by atomic mass is 35.5. The smallest absolute Gasteiger partial charge is 0.282 e. The predicted octanol–water partition coefficient (Wildman–Crippen LogP) is 4.35. The van der Waals surface area contributed by atoms with E-state index in [0.29, 0.717) is 16.5 Å². The van der Waals surface area contributed by atoms with E-state index in [2.05, 4.69) is 15.5 Å². The van der Waals surface area contributed by atoms with E-state index in [1.54, 1.807) is 24.3 Å². The number of hydrogen-bond donors (Lipinski definition) is 1. The lowest BCUT2D eigenvalue weighted by Gasteiger charge is -2.11. The van der Waals surface area contributed by atoms with Crippen LogP contribution in [0.3, 0.4) is 0 Å². The standard InChI is InChI=1S/C18H15ClN4O5S/c1-10-7-13(15(27-2)8-12(10)19)20-16(24)9-29-18-22-21-17(28-18)11-5-3-4-6-14(11)23(25)26/h3-8H,9H2,1-2H3,(H,20,24). The van der Waals surface area contributed by atoms with Crippen LogP contribution in [0.5, 0.6) is 5.75 Å². The first-order valence-corrected chi connectivity index (χ1v) is 9.59. The molecule has 0 fully saturated rings. The number of nitro benzene ring substituents is 1. The van der Waals surface area contributed by atoms with Crippen molar-refractivity contribution in [2.45, 2.75) is 12.1 Å². The number of methoxy groups -OCH3 is 1. The van der Waals surface area contributed by atoms with E-state index in [4.69, 9.17) is 20.8 Å². The SMILES string of the molecule is COc1cc(Cl)c(C)cc1NC(=O)CSc1nnc(-c2ccccc2[N+](=O)[O-])o1. The zero-order valence-electron chi connectivity index (χ0n) is 15.3. The van der Waals surface area contributed by atoms with Gasteiger partial charge >= 0.3 is 0 Å². The molecule has 0 unspecified atom stereocenters. The highest BCUT2D eigenvalue weighted by molar-refractivity contribution is 7.99. The molecule has 0 spiro atoms. The van der Waals surface area contributed by atoms with E-state index < -0.39 is 4.92 Å². The van der Waals surface area contributed by atoms with Crippen LogP contribution in [0, 0.1) is 17.0 Å². The number of nitrogens with zero attached hydrogens (tertiary/aromatic N) is 3. The number of rotatable bonds is 7. The van der Waals surface area contributed by atoms with Gasteiger partial charge in [-0.1, -0.05) is 35.5 Å². The van der Waals surface area contributed by atoms with Crippen molar-refractivity contribution in [3.05, 3.63) is 57.1 Å². The van der Waals surface area contributed by atoms with Gasteiger partial charge in [0, 0.05) is 17.2 Å². The molecule has 2 aromatic carbocycles. The van der Waals surface area contributed by atoms with Gasteiger partial charge in [0.05, 0.1) is 23.5 Å². The summed E-state index contributed by atoms with van der Waals surface area (Å²) in [5, 5.41) is 22.2. The fraction of sp³-hybridized carbons (Fsp3) is 0.167. The molecule has 0 aliphatic carbocycles. The molecular formula is C18H15ClN4O5S. The van der Waals surface area contributed by atoms with Gasteiger partial charge in [-0.25, -0.2) is 0 Å². The van der Waals surface area contributed by atoms with Crippen LogP contribution in [-0.4, -0.2) is 33.9 Å². The fourth-order valence-electron chi connectivity index (χ4n) is 2.43. The monoisotopic (exact) mass is 434 g/mol. The van der Waals surface area contributed by atoms with Gasteiger partial charge in [0.15, 0.2) is 0 Å². The topological polar surface area (TPSA) is 120 Å². The number of benzene rings is 2. The summed E-state index contributed by atoms with van der Waals surface area (Å²) in [5.41, 5.74) is 1.35. The maximum atomic E-state index is 12.3. The highest BCUT2D eigenvalue weighted by Crippen LogP contribution is 2.32. The second-order valence-corrected chi connectivity index (χ2v) is 7.12. The van der Waals surface area contributed by atoms with Crippen LogP contribution < -0.4 is 10.1 Å². The summed E-state index contributed by atoms with van der Waals surface area (Å²) in [5.74, 6) is 0.120. The van der Waals surface area contributed by atoms with Gasteiger partial charge in [0.1, 0.15) is 11.3 Å². The number of nitrogens with one attached hydrogen (secondary N) is 1. The molecule has 29 heavy (non-hydrogen) atoms. The van der Waals surface area contributed by atoms with Gasteiger partial charge in [-0.2, -0.15) is 0 Å². The third-order valence-electron chi connectivity index (χ3n) is 3.82. The van der Waals surface area contributed by atoms with Crippen molar-refractivity contribution in [1.82, 2.24) is 10.2 Å². The zero-order chi connectivity index (χ0) is 21.0. The Morgan fingerprint density at radius 2 is 2.10 bits per heavy atom. The van der Waals surface area contributed by atoms with Crippen molar-refractivity contribution in [1.29, 1.82) is 0 Å². The number of nitro groups is 1. The zero-order valence-corrected chi connectivity index (χ0v) is 16.9. The maximum absolute atomic E-state index is 12.3. The van der Waals surface area contributed by atoms with Crippen molar-refractivity contribution in [3.8, 4) is 17.2 Å². The molecule has 0 aliphatic rings. The third kappa shape index (κ3) is 4.84. The summed E-state index contributed by atoms with van der Waals surface area (Å²) in [6.07, 6.45) is 0. The fourth-order valence-corrected chi connectivity index (χ4v) is 3.15. The first-order chi connectivity index (χ1) is 13.9. The summed E-state index contributed by atoms with van der Waals surface area (Å²) in [6, 6.07) is 9.38. The number of aromatic nitrogens is 2. The molecular weight excluding hydrogens is 420 g/mol. The molecule has 0 saturated carbocycles. The molecule has 3 aromatic rings. The minimum absolute atomic E-state index is 0.00945. The summed E-state index contributed by atoms with van der Waals surface area (Å²) in [4.78, 5) is 22.9.